The number of hydrogen-bond donors (Lipinski definition) is 1. The lowest BCUT2D eigenvalue weighted by Crippen LogP contribution is -2.30. The molecule has 0 radical (unpaired) electrons. The van der Waals surface area contributed by atoms with Crippen LogP contribution in [0.3, 0.4) is 0 Å². The Labute approximate surface area is 111 Å². The van der Waals surface area contributed by atoms with Crippen molar-refractivity contribution in [2.24, 2.45) is 0 Å². The molecule has 0 bridgehead atoms. The minimum atomic E-state index is 0.591. The van der Waals surface area contributed by atoms with E-state index in [2.05, 4.69) is 43.2 Å². The van der Waals surface area contributed by atoms with Crippen LogP contribution in [0.25, 0.3) is 0 Å². The summed E-state index contributed by atoms with van der Waals surface area (Å²) in [4.78, 5) is 2.36. The maximum Gasteiger partial charge on any atom is 0.118 e. The zero-order valence-corrected chi connectivity index (χ0v) is 12.1. The van der Waals surface area contributed by atoms with Crippen molar-refractivity contribution in [2.75, 3.05) is 27.2 Å². The predicted molar refractivity (Wildman–Crippen MR) is 77.1 cm³/mol. The predicted octanol–water partition coefficient (Wildman–Crippen LogP) is 2.52. The highest BCUT2D eigenvalue weighted by Crippen LogP contribution is 2.12. The fourth-order valence-corrected chi connectivity index (χ4v) is 1.99. The Kier molecular flexibility index (Phi) is 6.76. The summed E-state index contributed by atoms with van der Waals surface area (Å²) in [5, 5.41) is 3.44. The van der Waals surface area contributed by atoms with E-state index >= 15 is 0 Å². The van der Waals surface area contributed by atoms with Gasteiger partial charge in [-0.05, 0) is 51.2 Å². The lowest BCUT2D eigenvalue weighted by Gasteiger charge is -2.20. The van der Waals surface area contributed by atoms with Crippen LogP contribution in [0.4, 0.5) is 0 Å². The van der Waals surface area contributed by atoms with Gasteiger partial charge >= 0.3 is 0 Å². The molecule has 0 spiro atoms. The van der Waals surface area contributed by atoms with Crippen LogP contribution in [0, 0.1) is 0 Å². The largest absolute Gasteiger partial charge is 0.497 e. The van der Waals surface area contributed by atoms with Crippen molar-refractivity contribution in [1.29, 1.82) is 0 Å². The van der Waals surface area contributed by atoms with Crippen molar-refractivity contribution in [2.45, 2.75) is 32.9 Å². The molecule has 102 valence electrons. The molecule has 0 amide bonds. The summed E-state index contributed by atoms with van der Waals surface area (Å²) in [6, 6.07) is 8.88. The number of benzene rings is 1. The van der Waals surface area contributed by atoms with Crippen LogP contribution in [0.15, 0.2) is 24.3 Å². The fourth-order valence-electron chi connectivity index (χ4n) is 1.99. The summed E-state index contributed by atoms with van der Waals surface area (Å²) in [7, 11) is 3.87. The van der Waals surface area contributed by atoms with E-state index in [1.165, 1.54) is 12.0 Å². The second kappa shape index (κ2) is 8.11. The summed E-state index contributed by atoms with van der Waals surface area (Å²) in [5.74, 6) is 0.919. The van der Waals surface area contributed by atoms with Gasteiger partial charge < -0.3 is 15.0 Å². The standard InChI is InChI=1S/C15H26N2O/c1-5-16-13(2)10-11-17(3)12-14-6-8-15(18-4)9-7-14/h6-9,13,16H,5,10-12H2,1-4H3. The SMILES string of the molecule is CCNC(C)CCN(C)Cc1ccc(OC)cc1. The van der Waals surface area contributed by atoms with E-state index in [1.807, 2.05) is 12.1 Å². The van der Waals surface area contributed by atoms with Gasteiger partial charge in [0.2, 0.25) is 0 Å². The lowest BCUT2D eigenvalue weighted by molar-refractivity contribution is 0.304. The summed E-state index contributed by atoms with van der Waals surface area (Å²) in [5.41, 5.74) is 1.33. The molecule has 0 heterocycles. The fraction of sp³-hybridized carbons (Fsp3) is 0.600. The molecule has 1 atom stereocenters. The molecule has 0 aliphatic rings. The quantitative estimate of drug-likeness (QED) is 0.767. The smallest absolute Gasteiger partial charge is 0.118 e. The van der Waals surface area contributed by atoms with Gasteiger partial charge in [-0.3, -0.25) is 0 Å². The van der Waals surface area contributed by atoms with Crippen LogP contribution in [0.5, 0.6) is 5.75 Å². The van der Waals surface area contributed by atoms with Crippen LogP contribution >= 0.6 is 0 Å². The third kappa shape index (κ3) is 5.52. The minimum absolute atomic E-state index is 0.591. The van der Waals surface area contributed by atoms with Crippen molar-refractivity contribution in [1.82, 2.24) is 10.2 Å². The second-order valence-electron chi connectivity index (χ2n) is 4.83. The van der Waals surface area contributed by atoms with Crippen molar-refractivity contribution in [3.8, 4) is 5.75 Å². The van der Waals surface area contributed by atoms with E-state index in [4.69, 9.17) is 4.74 Å². The average Bonchev–Trinajstić information content (AvgIpc) is 2.38. The summed E-state index contributed by atoms with van der Waals surface area (Å²) < 4.78 is 5.16. The minimum Gasteiger partial charge on any atom is -0.497 e. The molecule has 1 unspecified atom stereocenters. The first-order valence-electron chi connectivity index (χ1n) is 6.70. The monoisotopic (exact) mass is 250 g/mol. The molecule has 3 nitrogen and oxygen atoms in total. The first-order valence-corrected chi connectivity index (χ1v) is 6.70. The lowest BCUT2D eigenvalue weighted by atomic mass is 10.2. The third-order valence-corrected chi connectivity index (χ3v) is 3.11. The Morgan fingerprint density at radius 2 is 1.94 bits per heavy atom. The molecule has 0 aliphatic heterocycles. The van der Waals surface area contributed by atoms with Crippen LogP contribution in [-0.4, -0.2) is 38.2 Å². The topological polar surface area (TPSA) is 24.5 Å². The second-order valence-corrected chi connectivity index (χ2v) is 4.83. The van der Waals surface area contributed by atoms with E-state index in [-0.39, 0.29) is 0 Å². The van der Waals surface area contributed by atoms with Gasteiger partial charge in [0.1, 0.15) is 5.75 Å². The van der Waals surface area contributed by atoms with E-state index in [1.54, 1.807) is 7.11 Å². The molecular formula is C15H26N2O. The summed E-state index contributed by atoms with van der Waals surface area (Å²) in [6.45, 7) is 7.54. The van der Waals surface area contributed by atoms with Gasteiger partial charge in [0, 0.05) is 12.6 Å². The van der Waals surface area contributed by atoms with Crippen molar-refractivity contribution in [3.63, 3.8) is 0 Å². The Morgan fingerprint density at radius 1 is 1.28 bits per heavy atom. The van der Waals surface area contributed by atoms with Gasteiger partial charge in [-0.1, -0.05) is 19.1 Å². The molecule has 1 aromatic rings. The number of ether oxygens (including phenoxy) is 1. The van der Waals surface area contributed by atoms with Gasteiger partial charge in [0.15, 0.2) is 0 Å². The van der Waals surface area contributed by atoms with E-state index < -0.39 is 0 Å². The maximum atomic E-state index is 5.16. The first kappa shape index (κ1) is 15.0. The Hall–Kier alpha value is -1.06. The van der Waals surface area contributed by atoms with E-state index in [0.29, 0.717) is 6.04 Å². The average molecular weight is 250 g/mol. The highest BCUT2D eigenvalue weighted by molar-refractivity contribution is 5.26. The molecular weight excluding hydrogens is 224 g/mol. The number of rotatable bonds is 8. The first-order chi connectivity index (χ1) is 8.65. The van der Waals surface area contributed by atoms with Crippen LogP contribution in [0.1, 0.15) is 25.8 Å². The molecule has 18 heavy (non-hydrogen) atoms. The highest BCUT2D eigenvalue weighted by Gasteiger charge is 2.04. The van der Waals surface area contributed by atoms with E-state index in [0.717, 1.165) is 25.4 Å². The summed E-state index contributed by atoms with van der Waals surface area (Å²) >= 11 is 0. The molecule has 0 saturated carbocycles. The number of nitrogens with zero attached hydrogens (tertiary/aromatic N) is 1. The van der Waals surface area contributed by atoms with E-state index in [9.17, 15) is 0 Å². The van der Waals surface area contributed by atoms with Crippen LogP contribution in [-0.2, 0) is 6.54 Å². The van der Waals surface area contributed by atoms with Crippen molar-refractivity contribution >= 4 is 0 Å². The zero-order chi connectivity index (χ0) is 13.4. The highest BCUT2D eigenvalue weighted by atomic mass is 16.5. The van der Waals surface area contributed by atoms with Crippen LogP contribution < -0.4 is 10.1 Å². The van der Waals surface area contributed by atoms with Gasteiger partial charge in [0.05, 0.1) is 7.11 Å². The van der Waals surface area contributed by atoms with Crippen molar-refractivity contribution in [3.05, 3.63) is 29.8 Å². The third-order valence-electron chi connectivity index (χ3n) is 3.11. The summed E-state index contributed by atoms with van der Waals surface area (Å²) in [6.07, 6.45) is 1.18. The van der Waals surface area contributed by atoms with Gasteiger partial charge in [-0.25, -0.2) is 0 Å². The van der Waals surface area contributed by atoms with Gasteiger partial charge in [0.25, 0.3) is 0 Å². The molecule has 0 saturated heterocycles. The maximum absolute atomic E-state index is 5.16. The Bertz CT molecular complexity index is 324. The molecule has 3 heteroatoms. The Morgan fingerprint density at radius 3 is 2.50 bits per heavy atom. The molecule has 0 aromatic heterocycles. The zero-order valence-electron chi connectivity index (χ0n) is 12.1. The number of nitrogens with one attached hydrogen (secondary N) is 1. The number of methoxy groups -OCH3 is 1. The molecule has 0 aliphatic carbocycles. The van der Waals surface area contributed by atoms with Gasteiger partial charge in [-0.15, -0.1) is 0 Å². The molecule has 1 N–H and O–H groups in total. The van der Waals surface area contributed by atoms with Crippen molar-refractivity contribution < 1.29 is 4.74 Å². The number of hydrogen-bond acceptors (Lipinski definition) is 3. The van der Waals surface area contributed by atoms with Gasteiger partial charge in [-0.2, -0.15) is 0 Å². The normalized spacial score (nSPS) is 12.7. The molecule has 0 fully saturated rings. The molecule has 1 aromatic carbocycles. The van der Waals surface area contributed by atoms with Crippen LogP contribution in [0.2, 0.25) is 0 Å². The molecule has 1 rings (SSSR count). The Balaban J connectivity index is 2.32.